The summed E-state index contributed by atoms with van der Waals surface area (Å²) in [7, 11) is 0. The fraction of sp³-hybridized carbons (Fsp3) is 0.556. The molecule has 0 aromatic heterocycles. The van der Waals surface area contributed by atoms with Crippen LogP contribution in [-0.2, 0) is 15.8 Å². The van der Waals surface area contributed by atoms with Crippen LogP contribution < -0.4 is 5.32 Å². The fourth-order valence-corrected chi connectivity index (χ4v) is 3.07. The number of hydrogen-bond acceptors (Lipinski definition) is 3. The minimum absolute atomic E-state index is 0.196. The average molecular weight is 369 g/mol. The van der Waals surface area contributed by atoms with Crippen LogP contribution in [0, 0.1) is 5.92 Å². The van der Waals surface area contributed by atoms with E-state index in [4.69, 9.17) is 0 Å². The molecule has 0 spiro atoms. The van der Waals surface area contributed by atoms with Gasteiger partial charge in [-0.25, -0.2) is 0 Å². The van der Waals surface area contributed by atoms with Gasteiger partial charge in [0.1, 0.15) is 0 Å². The van der Waals surface area contributed by atoms with Crippen LogP contribution in [0.2, 0.25) is 0 Å². The van der Waals surface area contributed by atoms with Gasteiger partial charge in [-0.1, -0.05) is 0 Å². The zero-order valence-electron chi connectivity index (χ0n) is 14.6. The standard InChI is InChI=1S/C18H22F3N3O2/c1-12(23-8-10-24(11-9-23)17(26)13-2-3-13)16(25)22-15-6-4-14(5-7-15)18(19,20)21/h4-7,12-13H,2-3,8-11H2,1H3,(H,22,25). The van der Waals surface area contributed by atoms with Crippen LogP contribution in [0.4, 0.5) is 18.9 Å². The molecule has 1 unspecified atom stereocenters. The molecule has 1 aliphatic heterocycles. The molecule has 1 saturated heterocycles. The SMILES string of the molecule is CC(C(=O)Nc1ccc(C(F)(F)F)cc1)N1CCN(C(=O)C2CC2)CC1. The van der Waals surface area contributed by atoms with E-state index in [-0.39, 0.29) is 17.7 Å². The Morgan fingerprint density at radius 1 is 1.08 bits per heavy atom. The lowest BCUT2D eigenvalue weighted by molar-refractivity contribution is -0.137. The lowest BCUT2D eigenvalue weighted by Crippen LogP contribution is -2.54. The van der Waals surface area contributed by atoms with Crippen LogP contribution in [0.25, 0.3) is 0 Å². The van der Waals surface area contributed by atoms with Crippen molar-refractivity contribution in [3.63, 3.8) is 0 Å². The third-order valence-electron chi connectivity index (χ3n) is 4.96. The summed E-state index contributed by atoms with van der Waals surface area (Å²) in [6.07, 6.45) is -2.44. The second-order valence-corrected chi connectivity index (χ2v) is 6.88. The van der Waals surface area contributed by atoms with Crippen molar-refractivity contribution in [1.82, 2.24) is 9.80 Å². The second-order valence-electron chi connectivity index (χ2n) is 6.88. The van der Waals surface area contributed by atoms with Crippen LogP contribution in [0.1, 0.15) is 25.3 Å². The summed E-state index contributed by atoms with van der Waals surface area (Å²) in [6.45, 7) is 4.19. The van der Waals surface area contributed by atoms with Gasteiger partial charge in [0.05, 0.1) is 11.6 Å². The van der Waals surface area contributed by atoms with E-state index in [1.54, 1.807) is 6.92 Å². The molecule has 1 N–H and O–H groups in total. The van der Waals surface area contributed by atoms with Crippen molar-refractivity contribution >= 4 is 17.5 Å². The largest absolute Gasteiger partial charge is 0.416 e. The van der Waals surface area contributed by atoms with Crippen molar-refractivity contribution in [3.05, 3.63) is 29.8 Å². The first-order valence-electron chi connectivity index (χ1n) is 8.76. The summed E-state index contributed by atoms with van der Waals surface area (Å²) < 4.78 is 37.7. The number of nitrogens with one attached hydrogen (secondary N) is 1. The lowest BCUT2D eigenvalue weighted by atomic mass is 10.1. The third kappa shape index (κ3) is 4.35. The zero-order chi connectivity index (χ0) is 18.9. The molecule has 5 nitrogen and oxygen atoms in total. The molecular weight excluding hydrogens is 347 g/mol. The molecule has 1 aromatic rings. The predicted octanol–water partition coefficient (Wildman–Crippen LogP) is 2.59. The lowest BCUT2D eigenvalue weighted by Gasteiger charge is -2.37. The van der Waals surface area contributed by atoms with Crippen LogP contribution in [0.15, 0.2) is 24.3 Å². The normalized spacial score (nSPS) is 19.9. The van der Waals surface area contributed by atoms with E-state index in [9.17, 15) is 22.8 Å². The van der Waals surface area contributed by atoms with Crippen molar-refractivity contribution in [1.29, 1.82) is 0 Å². The van der Waals surface area contributed by atoms with Crippen LogP contribution in [0.5, 0.6) is 0 Å². The Labute approximate surface area is 150 Å². The molecule has 3 rings (SSSR count). The smallest absolute Gasteiger partial charge is 0.340 e. The number of piperazine rings is 1. The van der Waals surface area contributed by atoms with Gasteiger partial charge in [0.15, 0.2) is 0 Å². The number of hydrogen-bond donors (Lipinski definition) is 1. The highest BCUT2D eigenvalue weighted by Crippen LogP contribution is 2.31. The molecule has 2 fully saturated rings. The predicted molar refractivity (Wildman–Crippen MR) is 90.4 cm³/mol. The maximum atomic E-state index is 12.6. The molecule has 1 heterocycles. The summed E-state index contributed by atoms with van der Waals surface area (Å²) in [4.78, 5) is 28.3. The summed E-state index contributed by atoms with van der Waals surface area (Å²) in [5.41, 5.74) is -0.419. The Morgan fingerprint density at radius 2 is 1.65 bits per heavy atom. The highest BCUT2D eigenvalue weighted by atomic mass is 19.4. The van der Waals surface area contributed by atoms with E-state index in [0.717, 1.165) is 25.0 Å². The number of carbonyl (C=O) groups is 2. The first-order chi connectivity index (χ1) is 12.3. The summed E-state index contributed by atoms with van der Waals surface area (Å²) >= 11 is 0. The molecule has 1 atom stereocenters. The van der Waals surface area contributed by atoms with Gasteiger partial charge < -0.3 is 10.2 Å². The maximum absolute atomic E-state index is 12.6. The Balaban J connectivity index is 1.51. The molecule has 26 heavy (non-hydrogen) atoms. The van der Waals surface area contributed by atoms with Gasteiger partial charge in [-0.15, -0.1) is 0 Å². The average Bonchev–Trinajstić information content (AvgIpc) is 3.45. The van der Waals surface area contributed by atoms with Crippen LogP contribution in [0.3, 0.4) is 0 Å². The molecule has 0 radical (unpaired) electrons. The summed E-state index contributed by atoms with van der Waals surface area (Å²) in [5, 5.41) is 2.65. The number of rotatable bonds is 4. The van der Waals surface area contributed by atoms with E-state index >= 15 is 0 Å². The highest BCUT2D eigenvalue weighted by molar-refractivity contribution is 5.94. The minimum atomic E-state index is -4.40. The first-order valence-corrected chi connectivity index (χ1v) is 8.76. The van der Waals surface area contributed by atoms with Gasteiger partial charge in [0.2, 0.25) is 11.8 Å². The highest BCUT2D eigenvalue weighted by Gasteiger charge is 2.35. The second kappa shape index (κ2) is 7.26. The molecule has 142 valence electrons. The van der Waals surface area contributed by atoms with E-state index < -0.39 is 17.8 Å². The number of halogens is 3. The van der Waals surface area contributed by atoms with Crippen molar-refractivity contribution in [2.24, 2.45) is 5.92 Å². The van der Waals surface area contributed by atoms with Gasteiger partial charge in [-0.05, 0) is 44.0 Å². The molecule has 1 aromatic carbocycles. The number of nitrogens with zero attached hydrogens (tertiary/aromatic N) is 2. The number of carbonyl (C=O) groups excluding carboxylic acids is 2. The molecule has 1 aliphatic carbocycles. The zero-order valence-corrected chi connectivity index (χ0v) is 14.6. The van der Waals surface area contributed by atoms with Crippen molar-refractivity contribution in [2.75, 3.05) is 31.5 Å². The van der Waals surface area contributed by atoms with E-state index in [1.807, 2.05) is 9.80 Å². The van der Waals surface area contributed by atoms with E-state index in [1.165, 1.54) is 12.1 Å². The monoisotopic (exact) mass is 369 g/mol. The maximum Gasteiger partial charge on any atom is 0.416 e. The van der Waals surface area contributed by atoms with Gasteiger partial charge in [0, 0.05) is 37.8 Å². The van der Waals surface area contributed by atoms with Gasteiger partial charge in [0.25, 0.3) is 0 Å². The third-order valence-corrected chi connectivity index (χ3v) is 4.96. The van der Waals surface area contributed by atoms with Crippen LogP contribution in [-0.4, -0.2) is 53.8 Å². The van der Waals surface area contributed by atoms with Crippen molar-refractivity contribution in [3.8, 4) is 0 Å². The molecule has 8 heteroatoms. The number of alkyl halides is 3. The Kier molecular flexibility index (Phi) is 5.22. The number of benzene rings is 1. The summed E-state index contributed by atoms with van der Waals surface area (Å²) in [5.74, 6) is 0.139. The van der Waals surface area contributed by atoms with Crippen LogP contribution >= 0.6 is 0 Å². The minimum Gasteiger partial charge on any atom is -0.340 e. The van der Waals surface area contributed by atoms with Crippen molar-refractivity contribution in [2.45, 2.75) is 32.0 Å². The molecule has 0 bridgehead atoms. The van der Waals surface area contributed by atoms with Gasteiger partial charge in [-0.2, -0.15) is 13.2 Å². The van der Waals surface area contributed by atoms with E-state index in [0.29, 0.717) is 31.9 Å². The molecule has 2 aliphatic rings. The Morgan fingerprint density at radius 3 is 2.15 bits per heavy atom. The molecular formula is C18H22F3N3O2. The Bertz CT molecular complexity index is 663. The molecule has 1 saturated carbocycles. The number of anilines is 1. The quantitative estimate of drug-likeness (QED) is 0.888. The molecule has 2 amide bonds. The summed E-state index contributed by atoms with van der Waals surface area (Å²) in [6, 6.07) is 3.97. The van der Waals surface area contributed by atoms with Gasteiger partial charge in [-0.3, -0.25) is 14.5 Å². The first kappa shape index (κ1) is 18.7. The fourth-order valence-electron chi connectivity index (χ4n) is 3.07. The van der Waals surface area contributed by atoms with Crippen molar-refractivity contribution < 1.29 is 22.8 Å². The number of amides is 2. The topological polar surface area (TPSA) is 52.7 Å². The van der Waals surface area contributed by atoms with Gasteiger partial charge >= 0.3 is 6.18 Å². The van der Waals surface area contributed by atoms with E-state index in [2.05, 4.69) is 5.32 Å². The Hall–Kier alpha value is -2.09.